The van der Waals surface area contributed by atoms with Gasteiger partial charge in [0, 0.05) is 19.6 Å². The molecule has 8 nitrogen and oxygen atoms in total. The van der Waals surface area contributed by atoms with Crippen molar-refractivity contribution in [3.8, 4) is 0 Å². The van der Waals surface area contributed by atoms with Crippen molar-refractivity contribution >= 4 is 13.8 Å². The lowest BCUT2D eigenvalue weighted by Gasteiger charge is -2.20. The van der Waals surface area contributed by atoms with E-state index in [1.54, 1.807) is 0 Å². The van der Waals surface area contributed by atoms with Crippen LogP contribution in [0.15, 0.2) is 85.1 Å². The number of hydrogen-bond donors (Lipinski definition) is 2. The Hall–Kier alpha value is -2.32. The smallest absolute Gasteiger partial charge is 0.457 e. The van der Waals surface area contributed by atoms with Crippen LogP contribution in [0.2, 0.25) is 0 Å². The number of phosphoric acid groups is 1. The number of rotatable bonds is 37. The fourth-order valence-electron chi connectivity index (χ4n) is 4.92. The number of carbonyl (C=O) groups excluding carboxylic acids is 1. The molecule has 0 bridgehead atoms. The number of esters is 1. The van der Waals surface area contributed by atoms with E-state index < -0.39 is 19.9 Å². The van der Waals surface area contributed by atoms with E-state index in [0.29, 0.717) is 13.0 Å². The van der Waals surface area contributed by atoms with Gasteiger partial charge in [-0.2, -0.15) is 0 Å². The van der Waals surface area contributed by atoms with Gasteiger partial charge in [-0.25, -0.2) is 4.57 Å². The SMILES string of the molecule is CC/C=C\C/C=C\C/C=C\C/C=C\C/C=C\C/C=C\C/C=C\CCCC(=O)OC(COCCCCCCCCCCCC)COP(=O)(O)OCCN. The number of unbranched alkanes of at least 4 members (excludes halogenated alkanes) is 10. The van der Waals surface area contributed by atoms with Gasteiger partial charge in [0.15, 0.2) is 0 Å². The molecule has 0 saturated heterocycles. The highest BCUT2D eigenvalue weighted by atomic mass is 31.2. The third-order valence-corrected chi connectivity index (χ3v) is 8.81. The number of carbonyl (C=O) groups is 1. The molecule has 2 unspecified atom stereocenters. The van der Waals surface area contributed by atoms with E-state index in [0.717, 1.165) is 64.2 Å². The molecule has 0 saturated carbocycles. The molecule has 0 spiro atoms. The number of allylic oxidation sites excluding steroid dienone is 14. The monoisotopic (exact) mass is 748 g/mol. The Morgan fingerprint density at radius 3 is 1.54 bits per heavy atom. The van der Waals surface area contributed by atoms with E-state index in [1.165, 1.54) is 51.4 Å². The first-order chi connectivity index (χ1) is 25.4. The maximum Gasteiger partial charge on any atom is 0.472 e. The summed E-state index contributed by atoms with van der Waals surface area (Å²) in [6, 6.07) is 0. The summed E-state index contributed by atoms with van der Waals surface area (Å²) in [5.41, 5.74) is 5.35. The maximum absolute atomic E-state index is 12.5. The summed E-state index contributed by atoms with van der Waals surface area (Å²) in [5, 5.41) is 0. The Bertz CT molecular complexity index is 1060. The van der Waals surface area contributed by atoms with Gasteiger partial charge in [-0.3, -0.25) is 13.8 Å². The molecule has 0 aromatic carbocycles. The third kappa shape index (κ3) is 38.9. The molecule has 298 valence electrons. The van der Waals surface area contributed by atoms with E-state index in [9.17, 15) is 14.3 Å². The molecule has 0 aliphatic rings. The number of nitrogens with two attached hydrogens (primary N) is 1. The molecule has 0 heterocycles. The molecule has 0 fully saturated rings. The minimum absolute atomic E-state index is 0.0874. The van der Waals surface area contributed by atoms with Crippen LogP contribution in [0.1, 0.15) is 142 Å². The molecular formula is C43H74NO7P. The van der Waals surface area contributed by atoms with Gasteiger partial charge >= 0.3 is 13.8 Å². The Morgan fingerprint density at radius 1 is 0.596 bits per heavy atom. The molecule has 0 aromatic heterocycles. The summed E-state index contributed by atoms with van der Waals surface area (Å²) >= 11 is 0. The first-order valence-corrected chi connectivity index (χ1v) is 21.6. The number of ether oxygens (including phenoxy) is 2. The molecule has 3 N–H and O–H groups in total. The van der Waals surface area contributed by atoms with E-state index in [-0.39, 0.29) is 32.8 Å². The minimum Gasteiger partial charge on any atom is -0.457 e. The molecule has 0 rings (SSSR count). The van der Waals surface area contributed by atoms with Crippen molar-refractivity contribution in [3.05, 3.63) is 85.1 Å². The van der Waals surface area contributed by atoms with E-state index in [2.05, 4.69) is 98.9 Å². The van der Waals surface area contributed by atoms with Crippen LogP contribution < -0.4 is 5.73 Å². The first-order valence-electron chi connectivity index (χ1n) is 20.1. The predicted octanol–water partition coefficient (Wildman–Crippen LogP) is 11.7. The second-order valence-corrected chi connectivity index (χ2v) is 14.2. The lowest BCUT2D eigenvalue weighted by atomic mass is 10.1. The Kier molecular flexibility index (Phi) is 38.1. The largest absolute Gasteiger partial charge is 0.472 e. The molecular weight excluding hydrogens is 673 g/mol. The maximum atomic E-state index is 12.5. The molecule has 52 heavy (non-hydrogen) atoms. The average Bonchev–Trinajstić information content (AvgIpc) is 3.13. The highest BCUT2D eigenvalue weighted by molar-refractivity contribution is 7.47. The zero-order chi connectivity index (χ0) is 38.1. The summed E-state index contributed by atoms with van der Waals surface area (Å²) in [4.78, 5) is 22.4. The fourth-order valence-corrected chi connectivity index (χ4v) is 5.69. The van der Waals surface area contributed by atoms with Crippen molar-refractivity contribution < 1.29 is 32.8 Å². The highest BCUT2D eigenvalue weighted by Gasteiger charge is 2.25. The Morgan fingerprint density at radius 2 is 1.06 bits per heavy atom. The lowest BCUT2D eigenvalue weighted by Crippen LogP contribution is -2.28. The lowest BCUT2D eigenvalue weighted by molar-refractivity contribution is -0.154. The molecule has 2 atom stereocenters. The number of phosphoric ester groups is 1. The molecule has 0 aliphatic carbocycles. The van der Waals surface area contributed by atoms with E-state index in [4.69, 9.17) is 24.3 Å². The second kappa shape index (κ2) is 39.9. The van der Waals surface area contributed by atoms with Gasteiger partial charge in [0.1, 0.15) is 6.10 Å². The summed E-state index contributed by atoms with van der Waals surface area (Å²) in [7, 11) is -4.29. The van der Waals surface area contributed by atoms with Crippen molar-refractivity contribution in [2.45, 2.75) is 148 Å². The van der Waals surface area contributed by atoms with Crippen LogP contribution in [-0.2, 0) is 27.9 Å². The van der Waals surface area contributed by atoms with Crippen LogP contribution in [0.3, 0.4) is 0 Å². The van der Waals surface area contributed by atoms with Crippen molar-refractivity contribution in [3.63, 3.8) is 0 Å². The van der Waals surface area contributed by atoms with Crippen LogP contribution >= 0.6 is 7.82 Å². The van der Waals surface area contributed by atoms with Gasteiger partial charge in [-0.15, -0.1) is 0 Å². The molecule has 0 amide bonds. The summed E-state index contributed by atoms with van der Waals surface area (Å²) in [6.45, 7) is 4.69. The second-order valence-electron chi connectivity index (χ2n) is 12.8. The van der Waals surface area contributed by atoms with Crippen molar-refractivity contribution in [1.29, 1.82) is 0 Å². The molecule has 0 radical (unpaired) electrons. The van der Waals surface area contributed by atoms with Crippen molar-refractivity contribution in [2.24, 2.45) is 5.73 Å². The van der Waals surface area contributed by atoms with E-state index >= 15 is 0 Å². The van der Waals surface area contributed by atoms with E-state index in [1.807, 2.05) is 0 Å². The first kappa shape index (κ1) is 49.7. The summed E-state index contributed by atoms with van der Waals surface area (Å²) in [5.74, 6) is -0.392. The molecule has 0 aromatic rings. The van der Waals surface area contributed by atoms with Gasteiger partial charge in [0.2, 0.25) is 0 Å². The zero-order valence-electron chi connectivity index (χ0n) is 32.8. The molecule has 0 aliphatic heterocycles. The fraction of sp³-hybridized carbons (Fsp3) is 0.651. The molecule has 9 heteroatoms. The van der Waals surface area contributed by atoms with Crippen LogP contribution in [0.4, 0.5) is 0 Å². The zero-order valence-corrected chi connectivity index (χ0v) is 33.7. The summed E-state index contributed by atoms with van der Waals surface area (Å²) < 4.78 is 33.2. The van der Waals surface area contributed by atoms with Gasteiger partial charge in [0.25, 0.3) is 0 Å². The Labute approximate surface area is 318 Å². The number of hydrogen-bond acceptors (Lipinski definition) is 7. The van der Waals surface area contributed by atoms with Crippen LogP contribution in [0, 0.1) is 0 Å². The highest BCUT2D eigenvalue weighted by Crippen LogP contribution is 2.43. The van der Waals surface area contributed by atoms with Crippen molar-refractivity contribution in [1.82, 2.24) is 0 Å². The third-order valence-electron chi connectivity index (χ3n) is 7.83. The predicted molar refractivity (Wildman–Crippen MR) is 219 cm³/mol. The van der Waals surface area contributed by atoms with Gasteiger partial charge < -0.3 is 20.1 Å². The normalized spacial score (nSPS) is 14.5. The quantitative estimate of drug-likeness (QED) is 0.0279. The van der Waals surface area contributed by atoms with Crippen LogP contribution in [-0.4, -0.2) is 49.9 Å². The van der Waals surface area contributed by atoms with Gasteiger partial charge in [-0.05, 0) is 64.2 Å². The standard InChI is InChI=1S/C43H74NO7P/c1-3-5-7-9-11-13-15-16-17-18-19-20-21-22-23-24-25-26-27-28-30-32-34-36-43(45)51-42(41-50-52(46,47)49-39-37-44)40-48-38-35-33-31-29-14-12-10-8-6-4-2/h5,7,11,13,16-17,19-20,22-23,25-26,28,30,42H,3-4,6,8-10,12,14-15,18,21,24,27,29,31-41,44H2,1-2H3,(H,46,47)/b7-5-,13-11-,17-16-,20-19-,23-22-,26-25-,30-28-. The van der Waals surface area contributed by atoms with Crippen molar-refractivity contribution in [2.75, 3.05) is 33.0 Å². The average molecular weight is 748 g/mol. The van der Waals surface area contributed by atoms with Gasteiger partial charge in [-0.1, -0.05) is 157 Å². The van der Waals surface area contributed by atoms with Crippen LogP contribution in [0.5, 0.6) is 0 Å². The Balaban J connectivity index is 4.18. The topological polar surface area (TPSA) is 117 Å². The van der Waals surface area contributed by atoms with Gasteiger partial charge in [0.05, 0.1) is 19.8 Å². The minimum atomic E-state index is -4.29. The van der Waals surface area contributed by atoms with Crippen LogP contribution in [0.25, 0.3) is 0 Å². The summed E-state index contributed by atoms with van der Waals surface area (Å²) in [6.07, 6.45) is 50.4.